The second-order valence-corrected chi connectivity index (χ2v) is 7.58. The van der Waals surface area contributed by atoms with Gasteiger partial charge in [-0.25, -0.2) is 8.42 Å². The number of hydrogen-bond acceptors (Lipinski definition) is 4. The van der Waals surface area contributed by atoms with E-state index in [1.54, 1.807) is 12.3 Å². The highest BCUT2D eigenvalue weighted by atomic mass is 32.2. The molecule has 100 valence electrons. The molecule has 1 heterocycles. The highest BCUT2D eigenvalue weighted by molar-refractivity contribution is 7.92. The van der Waals surface area contributed by atoms with Crippen LogP contribution in [-0.2, 0) is 9.84 Å². The summed E-state index contributed by atoms with van der Waals surface area (Å²) in [6.45, 7) is 2.85. The summed E-state index contributed by atoms with van der Waals surface area (Å²) in [5.41, 5.74) is 0.341. The summed E-state index contributed by atoms with van der Waals surface area (Å²) in [5, 5.41) is 1.54. The summed E-state index contributed by atoms with van der Waals surface area (Å²) in [4.78, 5) is 16.5. The highest BCUT2D eigenvalue weighted by Crippen LogP contribution is 2.25. The molecule has 0 unspecified atom stereocenters. The van der Waals surface area contributed by atoms with Crippen molar-refractivity contribution in [3.63, 3.8) is 0 Å². The molecular weight excluding hydrogens is 262 g/mol. The van der Waals surface area contributed by atoms with Crippen LogP contribution in [-0.4, -0.2) is 30.2 Å². The topological polar surface area (TPSA) is 64.1 Å². The third-order valence-electron chi connectivity index (χ3n) is 3.39. The molecule has 0 fully saturated rings. The van der Waals surface area contributed by atoms with E-state index in [1.807, 2.05) is 18.2 Å². The Morgan fingerprint density at radius 1 is 1.16 bits per heavy atom. The Kier molecular flexibility index (Phi) is 3.18. The van der Waals surface area contributed by atoms with Crippen molar-refractivity contribution in [1.29, 1.82) is 0 Å². The molecular formula is C14H15NO3S. The number of benzene rings is 1. The number of nitrogens with zero attached hydrogens (tertiary/aromatic N) is 1. The smallest absolute Gasteiger partial charge is 0.185 e. The molecule has 0 N–H and O–H groups in total. The maximum absolute atomic E-state index is 12.5. The fourth-order valence-corrected chi connectivity index (χ4v) is 2.24. The predicted molar refractivity (Wildman–Crippen MR) is 75.0 cm³/mol. The Hall–Kier alpha value is -1.75. The fraction of sp³-hybridized carbons (Fsp3) is 0.286. The van der Waals surface area contributed by atoms with Crippen molar-refractivity contribution >= 4 is 26.4 Å². The summed E-state index contributed by atoms with van der Waals surface area (Å²) in [6, 6.07) is 7.29. The van der Waals surface area contributed by atoms with E-state index in [-0.39, 0.29) is 0 Å². The van der Waals surface area contributed by atoms with Crippen molar-refractivity contribution in [2.75, 3.05) is 6.26 Å². The molecule has 0 bridgehead atoms. The molecule has 19 heavy (non-hydrogen) atoms. The SMILES string of the molecule is CC(C)(C(=O)c1cncc2ccccc12)S(C)(=O)=O. The summed E-state index contributed by atoms with van der Waals surface area (Å²) < 4.78 is 22.1. The van der Waals surface area contributed by atoms with E-state index < -0.39 is 20.4 Å². The van der Waals surface area contributed by atoms with Gasteiger partial charge in [0, 0.05) is 29.6 Å². The van der Waals surface area contributed by atoms with Crippen LogP contribution in [0.4, 0.5) is 0 Å². The van der Waals surface area contributed by atoms with Crippen molar-refractivity contribution in [2.24, 2.45) is 0 Å². The molecule has 0 atom stereocenters. The van der Waals surface area contributed by atoms with Crippen molar-refractivity contribution < 1.29 is 13.2 Å². The molecule has 0 spiro atoms. The highest BCUT2D eigenvalue weighted by Gasteiger charge is 2.39. The predicted octanol–water partition coefficient (Wildman–Crippen LogP) is 2.24. The van der Waals surface area contributed by atoms with Crippen LogP contribution >= 0.6 is 0 Å². The van der Waals surface area contributed by atoms with Gasteiger partial charge in [0.2, 0.25) is 0 Å². The molecule has 0 aliphatic carbocycles. The van der Waals surface area contributed by atoms with Gasteiger partial charge in [0.1, 0.15) is 4.75 Å². The average molecular weight is 277 g/mol. The minimum absolute atomic E-state index is 0.341. The third-order valence-corrected chi connectivity index (χ3v) is 5.43. The summed E-state index contributed by atoms with van der Waals surface area (Å²) in [6.07, 6.45) is 4.15. The maximum Gasteiger partial charge on any atom is 0.185 e. The summed E-state index contributed by atoms with van der Waals surface area (Å²) in [5.74, 6) is -0.431. The minimum atomic E-state index is -3.50. The van der Waals surface area contributed by atoms with Crippen LogP contribution < -0.4 is 0 Å². The largest absolute Gasteiger partial charge is 0.292 e. The Morgan fingerprint density at radius 2 is 1.79 bits per heavy atom. The third kappa shape index (κ3) is 2.26. The van der Waals surface area contributed by atoms with Gasteiger partial charge in [-0.05, 0) is 19.2 Å². The number of aromatic nitrogens is 1. The van der Waals surface area contributed by atoms with Crippen LogP contribution in [0.25, 0.3) is 10.8 Å². The van der Waals surface area contributed by atoms with Gasteiger partial charge in [-0.3, -0.25) is 9.78 Å². The van der Waals surface area contributed by atoms with Crippen LogP contribution in [0.1, 0.15) is 24.2 Å². The number of Topliss-reactive ketones (excluding diaryl/α,β-unsaturated/α-hetero) is 1. The lowest BCUT2D eigenvalue weighted by atomic mass is 9.97. The Bertz CT molecular complexity index is 743. The maximum atomic E-state index is 12.5. The van der Waals surface area contributed by atoms with Crippen LogP contribution in [0.5, 0.6) is 0 Å². The molecule has 0 saturated heterocycles. The first-order valence-corrected chi connectivity index (χ1v) is 7.71. The second kappa shape index (κ2) is 4.42. The molecule has 0 radical (unpaired) electrons. The number of ketones is 1. The van der Waals surface area contributed by atoms with Gasteiger partial charge in [-0.15, -0.1) is 0 Å². The Labute approximate surface area is 112 Å². The van der Waals surface area contributed by atoms with Crippen molar-refractivity contribution in [3.05, 3.63) is 42.2 Å². The number of carbonyl (C=O) groups is 1. The van der Waals surface area contributed by atoms with Gasteiger partial charge >= 0.3 is 0 Å². The van der Waals surface area contributed by atoms with Gasteiger partial charge in [0.25, 0.3) is 0 Å². The van der Waals surface area contributed by atoms with E-state index in [4.69, 9.17) is 0 Å². The molecule has 0 aliphatic rings. The average Bonchev–Trinajstić information content (AvgIpc) is 2.36. The number of pyridine rings is 1. The molecule has 4 nitrogen and oxygen atoms in total. The first kappa shape index (κ1) is 13.7. The Morgan fingerprint density at radius 3 is 2.42 bits per heavy atom. The van der Waals surface area contributed by atoms with E-state index in [0.717, 1.165) is 17.0 Å². The number of sulfone groups is 1. The standard InChI is InChI=1S/C14H15NO3S/c1-14(2,19(3,17)18)13(16)12-9-15-8-10-6-4-5-7-11(10)12/h4-9H,1-3H3. The fourth-order valence-electron chi connectivity index (χ4n) is 1.79. The molecule has 0 saturated carbocycles. The van der Waals surface area contributed by atoms with Gasteiger partial charge in [0.15, 0.2) is 15.6 Å². The van der Waals surface area contributed by atoms with E-state index in [9.17, 15) is 13.2 Å². The number of fused-ring (bicyclic) bond motifs is 1. The van der Waals surface area contributed by atoms with Gasteiger partial charge in [-0.1, -0.05) is 24.3 Å². The zero-order valence-electron chi connectivity index (χ0n) is 11.0. The molecule has 5 heteroatoms. The second-order valence-electron chi connectivity index (χ2n) is 5.02. The molecule has 1 aromatic carbocycles. The molecule has 2 rings (SSSR count). The number of carbonyl (C=O) groups excluding carboxylic acids is 1. The van der Waals surface area contributed by atoms with E-state index in [0.29, 0.717) is 5.56 Å². The number of rotatable bonds is 3. The lowest BCUT2D eigenvalue weighted by Crippen LogP contribution is -2.40. The van der Waals surface area contributed by atoms with Crippen LogP contribution in [0, 0.1) is 0 Å². The first-order valence-electron chi connectivity index (χ1n) is 5.82. The molecule has 1 aromatic heterocycles. The first-order chi connectivity index (χ1) is 8.75. The molecule has 0 amide bonds. The molecule has 2 aromatic rings. The zero-order chi connectivity index (χ0) is 14.3. The molecule has 0 aliphatic heterocycles. The lowest BCUT2D eigenvalue weighted by Gasteiger charge is -2.21. The number of hydrogen-bond donors (Lipinski definition) is 0. The van der Waals surface area contributed by atoms with Crippen molar-refractivity contribution in [1.82, 2.24) is 4.98 Å². The van der Waals surface area contributed by atoms with Crippen LogP contribution in [0.15, 0.2) is 36.7 Å². The van der Waals surface area contributed by atoms with Crippen molar-refractivity contribution in [3.8, 4) is 0 Å². The van der Waals surface area contributed by atoms with Gasteiger partial charge in [0.05, 0.1) is 0 Å². The van der Waals surface area contributed by atoms with E-state index in [1.165, 1.54) is 20.0 Å². The normalized spacial score (nSPS) is 12.6. The van der Waals surface area contributed by atoms with Gasteiger partial charge in [-0.2, -0.15) is 0 Å². The summed E-state index contributed by atoms with van der Waals surface area (Å²) in [7, 11) is -3.50. The van der Waals surface area contributed by atoms with E-state index in [2.05, 4.69) is 4.98 Å². The van der Waals surface area contributed by atoms with Crippen LogP contribution in [0.2, 0.25) is 0 Å². The quantitative estimate of drug-likeness (QED) is 0.807. The Balaban J connectivity index is 2.67. The van der Waals surface area contributed by atoms with Gasteiger partial charge < -0.3 is 0 Å². The summed E-state index contributed by atoms with van der Waals surface area (Å²) >= 11 is 0. The van der Waals surface area contributed by atoms with E-state index >= 15 is 0 Å². The monoisotopic (exact) mass is 277 g/mol. The van der Waals surface area contributed by atoms with Crippen molar-refractivity contribution in [2.45, 2.75) is 18.6 Å². The van der Waals surface area contributed by atoms with Crippen LogP contribution in [0.3, 0.4) is 0 Å². The lowest BCUT2D eigenvalue weighted by molar-refractivity contribution is 0.0955. The minimum Gasteiger partial charge on any atom is -0.292 e. The zero-order valence-corrected chi connectivity index (χ0v) is 11.9.